The van der Waals surface area contributed by atoms with Crippen LogP contribution in [0.1, 0.15) is 19.8 Å². The molecule has 0 aromatic heterocycles. The molecule has 46 valence electrons. The van der Waals surface area contributed by atoms with Crippen LogP contribution < -0.4 is 0 Å². The van der Waals surface area contributed by atoms with Crippen molar-refractivity contribution in [3.05, 3.63) is 23.8 Å². The maximum Gasteiger partial charge on any atom is 0 e. The van der Waals surface area contributed by atoms with Crippen LogP contribution in [0.3, 0.4) is 0 Å². The van der Waals surface area contributed by atoms with Crippen LogP contribution in [0.5, 0.6) is 0 Å². The Morgan fingerprint density at radius 1 is 1.38 bits per heavy atom. The van der Waals surface area contributed by atoms with Gasteiger partial charge in [0, 0.05) is 19.5 Å². The molecule has 0 heterocycles. The fraction of sp³-hybridized carbons (Fsp3) is 0.429. The molecule has 0 radical (unpaired) electrons. The van der Waals surface area contributed by atoms with Gasteiger partial charge in [-0.25, -0.2) is 0 Å². The molecule has 0 aromatic rings. The maximum atomic E-state index is 2.26. The van der Waals surface area contributed by atoms with E-state index in [2.05, 4.69) is 25.2 Å². The van der Waals surface area contributed by atoms with Crippen LogP contribution in [-0.4, -0.2) is 0 Å². The van der Waals surface area contributed by atoms with Crippen LogP contribution in [0.2, 0.25) is 0 Å². The minimum atomic E-state index is 0. The molecule has 1 heteroatoms. The van der Waals surface area contributed by atoms with Gasteiger partial charge in [-0.1, -0.05) is 23.8 Å². The van der Waals surface area contributed by atoms with Crippen molar-refractivity contribution in [2.24, 2.45) is 0 Å². The average Bonchev–Trinajstić information content (AvgIpc) is 1.69. The first-order chi connectivity index (χ1) is 3.39. The third-order valence-corrected chi connectivity index (χ3v) is 1.21. The van der Waals surface area contributed by atoms with E-state index in [1.54, 1.807) is 0 Å². The molecule has 1 aliphatic carbocycles. The third-order valence-electron chi connectivity index (χ3n) is 1.21. The summed E-state index contributed by atoms with van der Waals surface area (Å²) in [4.78, 5) is 0. The Morgan fingerprint density at radius 2 is 2.12 bits per heavy atom. The normalized spacial score (nSPS) is 16.9. The smallest absolute Gasteiger partial charge is 0 e. The van der Waals surface area contributed by atoms with Gasteiger partial charge in [-0.15, -0.1) is 0 Å². The van der Waals surface area contributed by atoms with Crippen molar-refractivity contribution in [3.8, 4) is 0 Å². The quantitative estimate of drug-likeness (QED) is 0.411. The second kappa shape index (κ2) is 4.03. The molecular weight excluding hydrogens is 185 g/mol. The van der Waals surface area contributed by atoms with Crippen molar-refractivity contribution in [2.45, 2.75) is 19.8 Å². The van der Waals surface area contributed by atoms with Gasteiger partial charge in [0.15, 0.2) is 0 Å². The van der Waals surface area contributed by atoms with E-state index >= 15 is 0 Å². The zero-order valence-corrected chi connectivity index (χ0v) is 6.74. The fourth-order valence-electron chi connectivity index (χ4n) is 0.718. The molecule has 0 fully saturated rings. The second-order valence-corrected chi connectivity index (χ2v) is 1.96. The summed E-state index contributed by atoms with van der Waals surface area (Å²) in [5, 5.41) is 0. The monoisotopic (exact) mass is 196 g/mol. The van der Waals surface area contributed by atoms with Crippen molar-refractivity contribution in [1.29, 1.82) is 0 Å². The summed E-state index contributed by atoms with van der Waals surface area (Å²) >= 11 is 0. The molecule has 0 atom stereocenters. The van der Waals surface area contributed by atoms with Crippen molar-refractivity contribution < 1.29 is 19.5 Å². The Labute approximate surface area is 63.4 Å². The van der Waals surface area contributed by atoms with Gasteiger partial charge in [0.05, 0.1) is 0 Å². The van der Waals surface area contributed by atoms with Gasteiger partial charge < -0.3 is 0 Å². The molecule has 8 heavy (non-hydrogen) atoms. The van der Waals surface area contributed by atoms with E-state index < -0.39 is 0 Å². The van der Waals surface area contributed by atoms with E-state index in [-0.39, 0.29) is 19.5 Å². The predicted octanol–water partition coefficient (Wildman–Crippen LogP) is 2.28. The van der Waals surface area contributed by atoms with Gasteiger partial charge in [-0.05, 0) is 19.8 Å². The summed E-state index contributed by atoms with van der Waals surface area (Å²) in [6.07, 6.45) is 8.99. The van der Waals surface area contributed by atoms with Gasteiger partial charge in [0.25, 0.3) is 0 Å². The Morgan fingerprint density at radius 3 is 2.38 bits per heavy atom. The largest absolute Gasteiger partial charge is 0.0844 e. The molecule has 0 unspecified atom stereocenters. The molecular formula is C7H10Ru. The van der Waals surface area contributed by atoms with Gasteiger partial charge in [-0.3, -0.25) is 0 Å². The fourth-order valence-corrected chi connectivity index (χ4v) is 0.718. The average molecular weight is 195 g/mol. The molecule has 0 spiro atoms. The van der Waals surface area contributed by atoms with E-state index in [4.69, 9.17) is 0 Å². The molecule has 0 bridgehead atoms. The number of rotatable bonds is 0. The third kappa shape index (κ3) is 2.42. The van der Waals surface area contributed by atoms with Crippen molar-refractivity contribution in [2.75, 3.05) is 0 Å². The number of allylic oxidation sites excluding steroid dienone is 4. The zero-order chi connectivity index (χ0) is 5.11. The van der Waals surface area contributed by atoms with E-state index in [0.29, 0.717) is 0 Å². The first kappa shape index (κ1) is 8.10. The SMILES string of the molecule is CC1=CCC=CC1.[Ru]. The Kier molecular flexibility index (Phi) is 4.08. The van der Waals surface area contributed by atoms with Crippen molar-refractivity contribution >= 4 is 0 Å². The van der Waals surface area contributed by atoms with Crippen molar-refractivity contribution in [1.82, 2.24) is 0 Å². The van der Waals surface area contributed by atoms with Crippen LogP contribution >= 0.6 is 0 Å². The predicted molar refractivity (Wildman–Crippen MR) is 32.1 cm³/mol. The van der Waals surface area contributed by atoms with Crippen LogP contribution in [0.15, 0.2) is 23.8 Å². The minimum Gasteiger partial charge on any atom is -0.0844 e. The number of hydrogen-bond donors (Lipinski definition) is 0. The standard InChI is InChI=1S/C7H10.Ru/c1-7-5-3-2-4-6-7;/h2-3,6H,4-5H2,1H3;. The first-order valence-electron chi connectivity index (χ1n) is 2.70. The molecule has 0 aromatic carbocycles. The van der Waals surface area contributed by atoms with Crippen LogP contribution in [0, 0.1) is 0 Å². The Hall–Kier alpha value is 0.103. The van der Waals surface area contributed by atoms with Gasteiger partial charge in [-0.2, -0.15) is 0 Å². The van der Waals surface area contributed by atoms with E-state index in [1.807, 2.05) is 0 Å². The van der Waals surface area contributed by atoms with Crippen LogP contribution in [0.25, 0.3) is 0 Å². The zero-order valence-electron chi connectivity index (χ0n) is 5.00. The van der Waals surface area contributed by atoms with Crippen LogP contribution in [-0.2, 0) is 19.5 Å². The first-order valence-corrected chi connectivity index (χ1v) is 2.70. The summed E-state index contributed by atoms with van der Waals surface area (Å²) in [5.74, 6) is 0. The van der Waals surface area contributed by atoms with E-state index in [1.165, 1.54) is 12.0 Å². The molecule has 1 rings (SSSR count). The summed E-state index contributed by atoms with van der Waals surface area (Å²) in [6.45, 7) is 2.17. The van der Waals surface area contributed by atoms with Crippen LogP contribution in [0.4, 0.5) is 0 Å². The van der Waals surface area contributed by atoms with Gasteiger partial charge in [0.1, 0.15) is 0 Å². The summed E-state index contributed by atoms with van der Waals surface area (Å²) in [7, 11) is 0. The van der Waals surface area contributed by atoms with Gasteiger partial charge in [0.2, 0.25) is 0 Å². The molecule has 0 aliphatic heterocycles. The Balaban J connectivity index is 0.000000490. The van der Waals surface area contributed by atoms with E-state index in [0.717, 1.165) is 6.42 Å². The Bertz CT molecular complexity index is 112. The molecule has 1 aliphatic rings. The summed E-state index contributed by atoms with van der Waals surface area (Å²) < 4.78 is 0. The molecule has 0 saturated heterocycles. The molecule has 0 N–H and O–H groups in total. The van der Waals surface area contributed by atoms with Crippen molar-refractivity contribution in [3.63, 3.8) is 0 Å². The molecule has 0 saturated carbocycles. The summed E-state index contributed by atoms with van der Waals surface area (Å²) in [6, 6.07) is 0. The topological polar surface area (TPSA) is 0 Å². The number of hydrogen-bond acceptors (Lipinski definition) is 0. The molecule has 0 nitrogen and oxygen atoms in total. The minimum absolute atomic E-state index is 0. The van der Waals surface area contributed by atoms with E-state index in [9.17, 15) is 0 Å². The molecule has 0 amide bonds. The maximum absolute atomic E-state index is 2.26. The van der Waals surface area contributed by atoms with Gasteiger partial charge >= 0.3 is 0 Å². The summed E-state index contributed by atoms with van der Waals surface area (Å²) in [5.41, 5.74) is 1.50. The second-order valence-electron chi connectivity index (χ2n) is 1.96.